The van der Waals surface area contributed by atoms with Gasteiger partial charge in [-0.05, 0) is 31.5 Å². The fourth-order valence-corrected chi connectivity index (χ4v) is 5.39. The zero-order chi connectivity index (χ0) is 23.5. The highest BCUT2D eigenvalue weighted by molar-refractivity contribution is 8.00. The van der Waals surface area contributed by atoms with Gasteiger partial charge in [0, 0.05) is 22.2 Å². The van der Waals surface area contributed by atoms with E-state index in [9.17, 15) is 9.59 Å². The van der Waals surface area contributed by atoms with Gasteiger partial charge in [0.1, 0.15) is 4.83 Å². The quantitative estimate of drug-likeness (QED) is 0.282. The fourth-order valence-electron chi connectivity index (χ4n) is 3.49. The molecule has 1 amide bonds. The third-order valence-electron chi connectivity index (χ3n) is 5.09. The van der Waals surface area contributed by atoms with Crippen LogP contribution >= 0.6 is 23.1 Å². The van der Waals surface area contributed by atoms with Crippen LogP contribution in [0.4, 0.5) is 5.69 Å². The number of rotatable bonds is 7. The van der Waals surface area contributed by atoms with Gasteiger partial charge in [0.05, 0.1) is 24.9 Å². The van der Waals surface area contributed by atoms with Gasteiger partial charge in [0.15, 0.2) is 16.7 Å². The molecule has 170 valence electrons. The van der Waals surface area contributed by atoms with Crippen LogP contribution in [0.5, 0.6) is 11.5 Å². The number of H-pyrrole nitrogens is 1. The number of ether oxygens (including phenoxy) is 2. The van der Waals surface area contributed by atoms with Crippen LogP contribution in [0.3, 0.4) is 0 Å². The zero-order valence-electron chi connectivity index (χ0n) is 18.6. The number of thioether (sulfide) groups is 1. The average Bonchev–Trinajstić information content (AvgIpc) is 3.15. The van der Waals surface area contributed by atoms with Crippen molar-refractivity contribution in [3.05, 3.63) is 63.8 Å². The molecule has 7 nitrogen and oxygen atoms in total. The molecule has 0 bridgehead atoms. The van der Waals surface area contributed by atoms with E-state index in [1.807, 2.05) is 37.3 Å². The lowest BCUT2D eigenvalue weighted by molar-refractivity contribution is -0.115. The minimum atomic E-state index is -0.492. The van der Waals surface area contributed by atoms with Crippen LogP contribution in [0.2, 0.25) is 0 Å². The topological polar surface area (TPSA) is 93.3 Å². The van der Waals surface area contributed by atoms with Crippen molar-refractivity contribution < 1.29 is 14.3 Å². The van der Waals surface area contributed by atoms with Crippen LogP contribution in [0.25, 0.3) is 21.3 Å². The number of fused-ring (bicyclic) bond motifs is 1. The van der Waals surface area contributed by atoms with Gasteiger partial charge in [-0.2, -0.15) is 0 Å². The molecule has 2 heterocycles. The van der Waals surface area contributed by atoms with E-state index in [0.717, 1.165) is 16.0 Å². The van der Waals surface area contributed by atoms with Crippen LogP contribution in [-0.2, 0) is 4.79 Å². The molecule has 2 aromatic carbocycles. The second kappa shape index (κ2) is 9.68. The molecular formula is C24H23N3O4S2. The summed E-state index contributed by atoms with van der Waals surface area (Å²) < 4.78 is 10.5. The summed E-state index contributed by atoms with van der Waals surface area (Å²) in [5.41, 5.74) is 2.26. The molecule has 0 saturated heterocycles. The second-order valence-electron chi connectivity index (χ2n) is 7.27. The van der Waals surface area contributed by atoms with Gasteiger partial charge in [-0.1, -0.05) is 42.1 Å². The number of nitrogens with zero attached hydrogens (tertiary/aromatic N) is 1. The fraction of sp³-hybridized carbons (Fsp3) is 0.208. The number of thiophene rings is 1. The van der Waals surface area contributed by atoms with Crippen LogP contribution in [0.1, 0.15) is 11.8 Å². The van der Waals surface area contributed by atoms with E-state index >= 15 is 0 Å². The maximum atomic E-state index is 13.0. The standard InChI is InChI=1S/C24H23N3O4S2/c1-13-19(15-8-6-5-7-9-15)20-22(29)26-24(27-23(20)32-13)33-14(2)21(28)25-16-10-11-17(30-3)18(12-16)31-4/h5-12,14H,1-4H3,(H,25,28)(H,26,27,29). The van der Waals surface area contributed by atoms with Gasteiger partial charge < -0.3 is 19.8 Å². The van der Waals surface area contributed by atoms with Gasteiger partial charge >= 0.3 is 0 Å². The van der Waals surface area contributed by atoms with Gasteiger partial charge in [0.2, 0.25) is 5.91 Å². The maximum Gasteiger partial charge on any atom is 0.260 e. The van der Waals surface area contributed by atoms with E-state index in [4.69, 9.17) is 9.47 Å². The van der Waals surface area contributed by atoms with Gasteiger partial charge in [-0.15, -0.1) is 11.3 Å². The molecule has 33 heavy (non-hydrogen) atoms. The Balaban J connectivity index is 1.55. The lowest BCUT2D eigenvalue weighted by Crippen LogP contribution is -2.23. The molecule has 9 heteroatoms. The molecular weight excluding hydrogens is 458 g/mol. The predicted octanol–water partition coefficient (Wildman–Crippen LogP) is 5.10. The Labute approximate surface area is 199 Å². The van der Waals surface area contributed by atoms with E-state index in [-0.39, 0.29) is 11.5 Å². The van der Waals surface area contributed by atoms with Crippen molar-refractivity contribution in [2.45, 2.75) is 24.3 Å². The van der Waals surface area contributed by atoms with Crippen molar-refractivity contribution in [3.8, 4) is 22.6 Å². The Kier molecular flexibility index (Phi) is 6.71. The molecule has 2 aromatic heterocycles. The summed E-state index contributed by atoms with van der Waals surface area (Å²) in [6, 6.07) is 15.0. The number of benzene rings is 2. The molecule has 0 aliphatic heterocycles. The van der Waals surface area contributed by atoms with Crippen LogP contribution in [0.15, 0.2) is 58.5 Å². The van der Waals surface area contributed by atoms with E-state index < -0.39 is 5.25 Å². The number of aromatic nitrogens is 2. The SMILES string of the molecule is COc1ccc(NC(=O)C(C)Sc2nc3sc(C)c(-c4ccccc4)c3c(=O)[nH]2)cc1OC. The summed E-state index contributed by atoms with van der Waals surface area (Å²) in [5, 5.41) is 3.35. The van der Waals surface area contributed by atoms with Crippen molar-refractivity contribution in [1.29, 1.82) is 0 Å². The molecule has 0 radical (unpaired) electrons. The summed E-state index contributed by atoms with van der Waals surface area (Å²) >= 11 is 2.68. The first-order chi connectivity index (χ1) is 15.9. The first-order valence-electron chi connectivity index (χ1n) is 10.2. The first-order valence-corrected chi connectivity index (χ1v) is 11.9. The predicted molar refractivity (Wildman–Crippen MR) is 134 cm³/mol. The summed E-state index contributed by atoms with van der Waals surface area (Å²) in [7, 11) is 3.09. The second-order valence-corrected chi connectivity index (χ2v) is 9.80. The minimum Gasteiger partial charge on any atom is -0.493 e. The van der Waals surface area contributed by atoms with Crippen molar-refractivity contribution in [2.75, 3.05) is 19.5 Å². The number of anilines is 1. The number of aromatic amines is 1. The Morgan fingerprint density at radius 2 is 1.85 bits per heavy atom. The molecule has 1 atom stereocenters. The summed E-state index contributed by atoms with van der Waals surface area (Å²) in [4.78, 5) is 34.8. The number of methoxy groups -OCH3 is 2. The van der Waals surface area contributed by atoms with Crippen molar-refractivity contribution in [1.82, 2.24) is 9.97 Å². The lowest BCUT2D eigenvalue weighted by Gasteiger charge is -2.13. The average molecular weight is 482 g/mol. The molecule has 0 saturated carbocycles. The Bertz CT molecular complexity index is 1370. The highest BCUT2D eigenvalue weighted by Gasteiger charge is 2.20. The van der Waals surface area contributed by atoms with Gasteiger partial charge in [-0.3, -0.25) is 9.59 Å². The third-order valence-corrected chi connectivity index (χ3v) is 7.07. The third kappa shape index (κ3) is 4.74. The van der Waals surface area contributed by atoms with Crippen molar-refractivity contribution in [2.24, 2.45) is 0 Å². The van der Waals surface area contributed by atoms with Crippen molar-refractivity contribution >= 4 is 44.9 Å². The molecule has 4 rings (SSSR count). The summed E-state index contributed by atoms with van der Waals surface area (Å²) in [6.45, 7) is 3.75. The number of hydrogen-bond donors (Lipinski definition) is 2. The number of amides is 1. The number of carbonyl (C=O) groups excluding carboxylic acids is 1. The zero-order valence-corrected chi connectivity index (χ0v) is 20.2. The Morgan fingerprint density at radius 1 is 1.12 bits per heavy atom. The number of hydrogen-bond acceptors (Lipinski definition) is 7. The van der Waals surface area contributed by atoms with Gasteiger partial charge in [-0.25, -0.2) is 4.98 Å². The molecule has 0 aliphatic carbocycles. The lowest BCUT2D eigenvalue weighted by atomic mass is 10.0. The molecule has 4 aromatic rings. The highest BCUT2D eigenvalue weighted by Crippen LogP contribution is 2.36. The number of nitrogens with one attached hydrogen (secondary N) is 2. The van der Waals surface area contributed by atoms with E-state index in [0.29, 0.717) is 32.6 Å². The summed E-state index contributed by atoms with van der Waals surface area (Å²) in [5.74, 6) is 0.880. The van der Waals surface area contributed by atoms with Gasteiger partial charge in [0.25, 0.3) is 5.56 Å². The number of aryl methyl sites for hydroxylation is 1. The minimum absolute atomic E-state index is 0.210. The molecule has 0 fully saturated rings. The first kappa shape index (κ1) is 22.9. The largest absolute Gasteiger partial charge is 0.493 e. The van der Waals surface area contributed by atoms with E-state index in [2.05, 4.69) is 15.3 Å². The smallest absolute Gasteiger partial charge is 0.260 e. The van der Waals surface area contributed by atoms with E-state index in [1.165, 1.54) is 30.2 Å². The van der Waals surface area contributed by atoms with Crippen molar-refractivity contribution in [3.63, 3.8) is 0 Å². The molecule has 1 unspecified atom stereocenters. The maximum absolute atomic E-state index is 13.0. The Hall–Kier alpha value is -3.30. The van der Waals surface area contributed by atoms with E-state index in [1.54, 1.807) is 32.2 Å². The van der Waals surface area contributed by atoms with Crippen LogP contribution < -0.4 is 20.3 Å². The number of carbonyl (C=O) groups is 1. The normalized spacial score (nSPS) is 11.9. The summed E-state index contributed by atoms with van der Waals surface area (Å²) in [6.07, 6.45) is 0. The van der Waals surface area contributed by atoms with Crippen LogP contribution in [-0.4, -0.2) is 35.3 Å². The highest BCUT2D eigenvalue weighted by atomic mass is 32.2. The molecule has 0 aliphatic rings. The Morgan fingerprint density at radius 3 is 2.55 bits per heavy atom. The van der Waals surface area contributed by atoms with Crippen LogP contribution in [0, 0.1) is 6.92 Å². The molecule has 0 spiro atoms. The molecule has 2 N–H and O–H groups in total. The monoisotopic (exact) mass is 481 g/mol.